The fourth-order valence-electron chi connectivity index (χ4n) is 2.53. The highest BCUT2D eigenvalue weighted by atomic mass is 35.5. The van der Waals surface area contributed by atoms with E-state index in [1.165, 1.54) is 6.20 Å². The van der Waals surface area contributed by atoms with Crippen molar-refractivity contribution in [2.45, 2.75) is 32.5 Å². The molecule has 2 heterocycles. The summed E-state index contributed by atoms with van der Waals surface area (Å²) in [6.45, 7) is 1.51. The summed E-state index contributed by atoms with van der Waals surface area (Å²) in [4.78, 5) is 21.8. The third-order valence-corrected chi connectivity index (χ3v) is 3.96. The Balaban J connectivity index is 1.95. The smallest absolute Gasteiger partial charge is 0.411 e. The minimum absolute atomic E-state index is 0.161. The number of ether oxygens (including phenoxy) is 2. The van der Waals surface area contributed by atoms with Crippen molar-refractivity contribution < 1.29 is 27.4 Å². The standard InChI is InChI=1S/C15H19ClF3N3O3/c1-2-25-14(23)10-3-5-22(6-4-10)13-12(16)20-7-11(21-13)8-24-9-15(17,18)19/h7,10H,2-6,8-9H2,1H3. The summed E-state index contributed by atoms with van der Waals surface area (Å²) in [5.74, 6) is 0.00644. The summed E-state index contributed by atoms with van der Waals surface area (Å²) in [5.41, 5.74) is 0.260. The Hall–Kier alpha value is -1.61. The lowest BCUT2D eigenvalue weighted by atomic mass is 9.97. The van der Waals surface area contributed by atoms with Crippen molar-refractivity contribution in [3.63, 3.8) is 0 Å². The van der Waals surface area contributed by atoms with E-state index >= 15 is 0 Å². The molecule has 1 aliphatic heterocycles. The molecule has 0 N–H and O–H groups in total. The molecule has 0 spiro atoms. The molecule has 0 atom stereocenters. The lowest BCUT2D eigenvalue weighted by Crippen LogP contribution is -2.37. The molecule has 1 aromatic rings. The second-order valence-electron chi connectivity index (χ2n) is 5.60. The van der Waals surface area contributed by atoms with Gasteiger partial charge in [0.05, 0.1) is 31.0 Å². The molecule has 2 rings (SSSR count). The molecule has 1 fully saturated rings. The normalized spacial score (nSPS) is 16.1. The predicted octanol–water partition coefficient (Wildman–Crippen LogP) is 2.99. The fraction of sp³-hybridized carbons (Fsp3) is 0.667. The van der Waals surface area contributed by atoms with Gasteiger partial charge in [-0.05, 0) is 19.8 Å². The summed E-state index contributed by atoms with van der Waals surface area (Å²) >= 11 is 6.06. The average molecular weight is 382 g/mol. The van der Waals surface area contributed by atoms with Gasteiger partial charge in [0, 0.05) is 13.1 Å². The second-order valence-corrected chi connectivity index (χ2v) is 5.96. The molecule has 0 amide bonds. The maximum absolute atomic E-state index is 12.1. The topological polar surface area (TPSA) is 64.5 Å². The van der Waals surface area contributed by atoms with Gasteiger partial charge in [-0.25, -0.2) is 9.97 Å². The minimum Gasteiger partial charge on any atom is -0.466 e. The molecule has 1 aliphatic rings. The Labute approximate surface area is 148 Å². The monoisotopic (exact) mass is 381 g/mol. The molecule has 0 bridgehead atoms. The molecule has 10 heteroatoms. The molecule has 6 nitrogen and oxygen atoms in total. The largest absolute Gasteiger partial charge is 0.466 e. The Morgan fingerprint density at radius 1 is 1.40 bits per heavy atom. The van der Waals surface area contributed by atoms with Gasteiger partial charge in [-0.1, -0.05) is 11.6 Å². The summed E-state index contributed by atoms with van der Waals surface area (Å²) in [7, 11) is 0. The molecule has 1 saturated heterocycles. The number of esters is 1. The van der Waals surface area contributed by atoms with Gasteiger partial charge < -0.3 is 14.4 Å². The van der Waals surface area contributed by atoms with E-state index in [2.05, 4.69) is 14.7 Å². The first-order chi connectivity index (χ1) is 11.8. The van der Waals surface area contributed by atoms with E-state index in [-0.39, 0.29) is 29.3 Å². The van der Waals surface area contributed by atoms with Crippen LogP contribution in [0.1, 0.15) is 25.5 Å². The maximum Gasteiger partial charge on any atom is 0.411 e. The van der Waals surface area contributed by atoms with E-state index in [4.69, 9.17) is 16.3 Å². The SMILES string of the molecule is CCOC(=O)C1CCN(c2nc(COCC(F)(F)F)cnc2Cl)CC1. The number of hydrogen-bond donors (Lipinski definition) is 0. The van der Waals surface area contributed by atoms with Gasteiger partial charge >= 0.3 is 12.1 Å². The van der Waals surface area contributed by atoms with Crippen LogP contribution in [0.5, 0.6) is 0 Å². The lowest BCUT2D eigenvalue weighted by Gasteiger charge is -2.32. The van der Waals surface area contributed by atoms with Crippen LogP contribution >= 0.6 is 11.6 Å². The zero-order valence-corrected chi connectivity index (χ0v) is 14.4. The first-order valence-corrected chi connectivity index (χ1v) is 8.25. The number of rotatable bonds is 6. The number of hydrogen-bond acceptors (Lipinski definition) is 6. The van der Waals surface area contributed by atoms with Crippen LogP contribution < -0.4 is 4.90 Å². The molecule has 25 heavy (non-hydrogen) atoms. The Bertz CT molecular complexity index is 593. The summed E-state index contributed by atoms with van der Waals surface area (Å²) < 4.78 is 46.0. The van der Waals surface area contributed by atoms with E-state index in [0.29, 0.717) is 38.4 Å². The molecular formula is C15H19ClF3N3O3. The molecule has 140 valence electrons. The zero-order chi connectivity index (χ0) is 18.4. The first kappa shape index (κ1) is 19.7. The Morgan fingerprint density at radius 2 is 2.08 bits per heavy atom. The summed E-state index contributed by atoms with van der Waals surface area (Å²) in [6.07, 6.45) is -1.93. The maximum atomic E-state index is 12.1. The van der Waals surface area contributed by atoms with E-state index < -0.39 is 12.8 Å². The predicted molar refractivity (Wildman–Crippen MR) is 84.3 cm³/mol. The fourth-order valence-corrected chi connectivity index (χ4v) is 2.74. The van der Waals surface area contributed by atoms with Crippen molar-refractivity contribution in [3.05, 3.63) is 17.0 Å². The quantitative estimate of drug-likeness (QED) is 0.706. The van der Waals surface area contributed by atoms with E-state index in [1.54, 1.807) is 6.92 Å². The van der Waals surface area contributed by atoms with Gasteiger partial charge in [-0.2, -0.15) is 13.2 Å². The number of nitrogens with zero attached hydrogens (tertiary/aromatic N) is 3. The lowest BCUT2D eigenvalue weighted by molar-refractivity contribution is -0.176. The van der Waals surface area contributed by atoms with Gasteiger partial charge in [0.25, 0.3) is 0 Å². The second kappa shape index (κ2) is 8.66. The number of alkyl halides is 3. The van der Waals surface area contributed by atoms with Crippen LogP contribution in [0.15, 0.2) is 6.20 Å². The first-order valence-electron chi connectivity index (χ1n) is 7.87. The van der Waals surface area contributed by atoms with Crippen molar-refractivity contribution in [2.75, 3.05) is 31.2 Å². The van der Waals surface area contributed by atoms with Gasteiger partial charge in [-0.3, -0.25) is 4.79 Å². The third-order valence-electron chi connectivity index (χ3n) is 3.69. The van der Waals surface area contributed by atoms with E-state index in [1.807, 2.05) is 4.90 Å². The van der Waals surface area contributed by atoms with Crippen LogP contribution in [0.25, 0.3) is 0 Å². The van der Waals surface area contributed by atoms with Crippen LogP contribution in [-0.4, -0.2) is 48.4 Å². The van der Waals surface area contributed by atoms with Crippen molar-refractivity contribution in [1.82, 2.24) is 9.97 Å². The minimum atomic E-state index is -4.39. The molecule has 0 unspecified atom stereocenters. The Kier molecular flexibility index (Phi) is 6.83. The Morgan fingerprint density at radius 3 is 2.68 bits per heavy atom. The van der Waals surface area contributed by atoms with E-state index in [0.717, 1.165) is 0 Å². The highest BCUT2D eigenvalue weighted by Gasteiger charge is 2.29. The van der Waals surface area contributed by atoms with Gasteiger partial charge in [-0.15, -0.1) is 0 Å². The number of carbonyl (C=O) groups excluding carboxylic acids is 1. The average Bonchev–Trinajstić information content (AvgIpc) is 2.56. The summed E-state index contributed by atoms with van der Waals surface area (Å²) in [5, 5.41) is 0.161. The van der Waals surface area contributed by atoms with Crippen molar-refractivity contribution in [3.8, 4) is 0 Å². The molecular weight excluding hydrogens is 363 g/mol. The molecule has 0 saturated carbocycles. The van der Waals surface area contributed by atoms with Crippen molar-refractivity contribution in [1.29, 1.82) is 0 Å². The summed E-state index contributed by atoms with van der Waals surface area (Å²) in [6, 6.07) is 0. The number of piperidine rings is 1. The van der Waals surface area contributed by atoms with Crippen LogP contribution in [0.2, 0.25) is 5.15 Å². The highest BCUT2D eigenvalue weighted by Crippen LogP contribution is 2.27. The van der Waals surface area contributed by atoms with Crippen LogP contribution in [0.4, 0.5) is 19.0 Å². The van der Waals surface area contributed by atoms with Crippen molar-refractivity contribution in [2.24, 2.45) is 5.92 Å². The molecule has 0 aromatic carbocycles. The number of halogens is 4. The molecule has 1 aromatic heterocycles. The van der Waals surface area contributed by atoms with Crippen LogP contribution in [0, 0.1) is 5.92 Å². The van der Waals surface area contributed by atoms with Gasteiger partial charge in [0.15, 0.2) is 11.0 Å². The zero-order valence-electron chi connectivity index (χ0n) is 13.7. The van der Waals surface area contributed by atoms with Gasteiger partial charge in [0.1, 0.15) is 6.61 Å². The van der Waals surface area contributed by atoms with Crippen LogP contribution in [-0.2, 0) is 20.9 Å². The highest BCUT2D eigenvalue weighted by molar-refractivity contribution is 6.31. The van der Waals surface area contributed by atoms with Crippen molar-refractivity contribution >= 4 is 23.4 Å². The van der Waals surface area contributed by atoms with E-state index in [9.17, 15) is 18.0 Å². The number of aromatic nitrogens is 2. The number of anilines is 1. The third kappa shape index (κ3) is 6.00. The molecule has 0 aliphatic carbocycles. The number of carbonyl (C=O) groups is 1. The molecule has 0 radical (unpaired) electrons. The van der Waals surface area contributed by atoms with Gasteiger partial charge in [0.2, 0.25) is 0 Å². The van der Waals surface area contributed by atoms with Crippen LogP contribution in [0.3, 0.4) is 0 Å².